The number of aromatic nitrogens is 1. The van der Waals surface area contributed by atoms with Crippen LogP contribution in [-0.4, -0.2) is 42.2 Å². The lowest BCUT2D eigenvalue weighted by molar-refractivity contribution is 0.266. The van der Waals surface area contributed by atoms with E-state index >= 15 is 0 Å². The van der Waals surface area contributed by atoms with E-state index in [-0.39, 0.29) is 0 Å². The van der Waals surface area contributed by atoms with Crippen molar-refractivity contribution >= 4 is 5.82 Å². The second-order valence-corrected chi connectivity index (χ2v) is 5.82. The predicted octanol–water partition coefficient (Wildman–Crippen LogP) is 3.01. The third-order valence-electron chi connectivity index (χ3n) is 3.84. The highest BCUT2D eigenvalue weighted by Gasteiger charge is 2.24. The van der Waals surface area contributed by atoms with E-state index in [9.17, 15) is 0 Å². The second-order valence-electron chi connectivity index (χ2n) is 5.82. The van der Waals surface area contributed by atoms with E-state index in [1.807, 2.05) is 18.3 Å². The van der Waals surface area contributed by atoms with E-state index in [0.717, 1.165) is 31.1 Å². The van der Waals surface area contributed by atoms with E-state index in [1.165, 1.54) is 19.5 Å². The van der Waals surface area contributed by atoms with Gasteiger partial charge in [-0.1, -0.05) is 6.92 Å². The maximum absolute atomic E-state index is 5.73. The van der Waals surface area contributed by atoms with E-state index < -0.39 is 0 Å². The molecule has 1 aromatic heterocycles. The Kier molecular flexibility index (Phi) is 5.65. The molecule has 4 heteroatoms. The van der Waals surface area contributed by atoms with Crippen molar-refractivity contribution in [3.05, 3.63) is 18.3 Å². The van der Waals surface area contributed by atoms with Crippen molar-refractivity contribution in [1.82, 2.24) is 9.88 Å². The minimum atomic E-state index is 0.651. The van der Waals surface area contributed by atoms with Crippen LogP contribution in [0.1, 0.15) is 33.6 Å². The molecule has 1 aliphatic rings. The molecule has 2 rings (SSSR count). The summed E-state index contributed by atoms with van der Waals surface area (Å²) >= 11 is 0. The number of nitrogens with one attached hydrogen (secondary N) is 1. The Morgan fingerprint density at radius 1 is 1.50 bits per heavy atom. The Labute approximate surface area is 122 Å². The summed E-state index contributed by atoms with van der Waals surface area (Å²) in [6.07, 6.45) is 4.10. The molecular weight excluding hydrogens is 250 g/mol. The number of anilines is 1. The first-order valence-corrected chi connectivity index (χ1v) is 7.76. The van der Waals surface area contributed by atoms with Gasteiger partial charge in [-0.05, 0) is 51.3 Å². The summed E-state index contributed by atoms with van der Waals surface area (Å²) in [5.41, 5.74) is 0. The highest BCUT2D eigenvalue weighted by atomic mass is 16.5. The Bertz CT molecular complexity index is 408. The fourth-order valence-electron chi connectivity index (χ4n) is 2.59. The molecule has 0 spiro atoms. The molecule has 1 aliphatic heterocycles. The van der Waals surface area contributed by atoms with Gasteiger partial charge in [-0.25, -0.2) is 4.98 Å². The van der Waals surface area contributed by atoms with Gasteiger partial charge in [0.25, 0.3) is 0 Å². The molecule has 0 bridgehead atoms. The number of likely N-dealkylation sites (tertiary alicyclic amines) is 1. The van der Waals surface area contributed by atoms with Crippen molar-refractivity contribution in [3.8, 4) is 5.75 Å². The maximum Gasteiger partial charge on any atom is 0.168 e. The number of hydrogen-bond donors (Lipinski definition) is 1. The molecule has 1 N–H and O–H groups in total. The third-order valence-corrected chi connectivity index (χ3v) is 3.84. The minimum Gasteiger partial charge on any atom is -0.490 e. The van der Waals surface area contributed by atoms with Gasteiger partial charge >= 0.3 is 0 Å². The van der Waals surface area contributed by atoms with Crippen LogP contribution >= 0.6 is 0 Å². The number of nitrogens with zero attached hydrogens (tertiary/aromatic N) is 2. The van der Waals surface area contributed by atoms with Crippen LogP contribution in [0.3, 0.4) is 0 Å². The van der Waals surface area contributed by atoms with Gasteiger partial charge in [0.15, 0.2) is 11.6 Å². The molecule has 0 saturated carbocycles. The van der Waals surface area contributed by atoms with Crippen LogP contribution in [0.4, 0.5) is 5.82 Å². The van der Waals surface area contributed by atoms with Crippen molar-refractivity contribution in [2.24, 2.45) is 5.92 Å². The molecule has 0 amide bonds. The van der Waals surface area contributed by atoms with Gasteiger partial charge in [0.2, 0.25) is 0 Å². The fourth-order valence-corrected chi connectivity index (χ4v) is 2.59. The largest absolute Gasteiger partial charge is 0.490 e. The van der Waals surface area contributed by atoms with Crippen LogP contribution in [0.5, 0.6) is 5.75 Å². The second kappa shape index (κ2) is 7.48. The number of hydrogen-bond acceptors (Lipinski definition) is 4. The topological polar surface area (TPSA) is 37.4 Å². The Morgan fingerprint density at radius 2 is 2.35 bits per heavy atom. The zero-order chi connectivity index (χ0) is 14.4. The van der Waals surface area contributed by atoms with E-state index in [1.54, 1.807) is 0 Å². The molecule has 20 heavy (non-hydrogen) atoms. The molecule has 1 atom stereocenters. The average molecular weight is 277 g/mol. The van der Waals surface area contributed by atoms with Crippen molar-refractivity contribution in [1.29, 1.82) is 0 Å². The van der Waals surface area contributed by atoms with Gasteiger partial charge in [0, 0.05) is 25.3 Å². The summed E-state index contributed by atoms with van der Waals surface area (Å²) in [6.45, 7) is 10.8. The zero-order valence-electron chi connectivity index (χ0n) is 12.9. The smallest absolute Gasteiger partial charge is 0.168 e. The predicted molar refractivity (Wildman–Crippen MR) is 83.3 cm³/mol. The highest BCUT2D eigenvalue weighted by molar-refractivity contribution is 5.49. The summed E-state index contributed by atoms with van der Waals surface area (Å²) < 4.78 is 5.73. The Hall–Kier alpha value is -1.29. The van der Waals surface area contributed by atoms with Crippen LogP contribution in [0, 0.1) is 5.92 Å². The summed E-state index contributed by atoms with van der Waals surface area (Å²) in [7, 11) is 0. The first-order valence-electron chi connectivity index (χ1n) is 7.76. The zero-order valence-corrected chi connectivity index (χ0v) is 12.9. The fraction of sp³-hybridized carbons (Fsp3) is 0.688. The summed E-state index contributed by atoms with van der Waals surface area (Å²) in [6, 6.07) is 4.56. The normalized spacial score (nSPS) is 19.5. The lowest BCUT2D eigenvalue weighted by Crippen LogP contribution is -2.29. The quantitative estimate of drug-likeness (QED) is 0.831. The van der Waals surface area contributed by atoms with Gasteiger partial charge in [0.1, 0.15) is 0 Å². The number of pyridine rings is 1. The van der Waals surface area contributed by atoms with Gasteiger partial charge in [-0.2, -0.15) is 0 Å². The van der Waals surface area contributed by atoms with Crippen molar-refractivity contribution in [2.75, 3.05) is 31.6 Å². The van der Waals surface area contributed by atoms with Crippen LogP contribution in [-0.2, 0) is 0 Å². The maximum atomic E-state index is 5.73. The number of rotatable bonds is 7. The Balaban J connectivity index is 1.85. The highest BCUT2D eigenvalue weighted by Crippen LogP contribution is 2.23. The molecule has 4 nitrogen and oxygen atoms in total. The lowest BCUT2D eigenvalue weighted by atomic mass is 10.1. The molecule has 1 fully saturated rings. The molecule has 0 aromatic carbocycles. The molecule has 2 heterocycles. The SMILES string of the molecule is CCCOc1cccnc1NCC1CCN(C(C)C)C1. The minimum absolute atomic E-state index is 0.651. The van der Waals surface area contributed by atoms with Crippen LogP contribution in [0.25, 0.3) is 0 Å². The molecular formula is C16H27N3O. The average Bonchev–Trinajstić information content (AvgIpc) is 2.93. The van der Waals surface area contributed by atoms with Gasteiger partial charge in [0.05, 0.1) is 6.61 Å². The summed E-state index contributed by atoms with van der Waals surface area (Å²) in [4.78, 5) is 6.94. The monoisotopic (exact) mass is 277 g/mol. The van der Waals surface area contributed by atoms with Crippen molar-refractivity contribution in [3.63, 3.8) is 0 Å². The van der Waals surface area contributed by atoms with Gasteiger partial charge < -0.3 is 15.0 Å². The molecule has 0 aliphatic carbocycles. The van der Waals surface area contributed by atoms with Gasteiger partial charge in [-0.15, -0.1) is 0 Å². The molecule has 1 unspecified atom stereocenters. The third kappa shape index (κ3) is 4.10. The molecule has 1 aromatic rings. The standard InChI is InChI=1S/C16H27N3O/c1-4-10-20-15-6-5-8-17-16(15)18-11-14-7-9-19(12-14)13(2)3/h5-6,8,13-14H,4,7,9-12H2,1-3H3,(H,17,18). The lowest BCUT2D eigenvalue weighted by Gasteiger charge is -2.20. The van der Waals surface area contributed by atoms with E-state index in [0.29, 0.717) is 12.0 Å². The van der Waals surface area contributed by atoms with Crippen LogP contribution in [0.2, 0.25) is 0 Å². The van der Waals surface area contributed by atoms with Crippen molar-refractivity contribution < 1.29 is 4.74 Å². The van der Waals surface area contributed by atoms with E-state index in [2.05, 4.69) is 36.0 Å². The van der Waals surface area contributed by atoms with Crippen LogP contribution < -0.4 is 10.1 Å². The van der Waals surface area contributed by atoms with Gasteiger partial charge in [-0.3, -0.25) is 0 Å². The summed E-state index contributed by atoms with van der Waals surface area (Å²) in [5.74, 6) is 2.45. The number of ether oxygens (including phenoxy) is 1. The first-order chi connectivity index (χ1) is 9.70. The molecule has 1 saturated heterocycles. The van der Waals surface area contributed by atoms with Crippen LogP contribution in [0.15, 0.2) is 18.3 Å². The van der Waals surface area contributed by atoms with E-state index in [4.69, 9.17) is 4.74 Å². The molecule has 0 radical (unpaired) electrons. The molecule has 112 valence electrons. The van der Waals surface area contributed by atoms with Crippen molar-refractivity contribution in [2.45, 2.75) is 39.7 Å². The Morgan fingerprint density at radius 3 is 3.05 bits per heavy atom. The first kappa shape index (κ1) is 15.1. The summed E-state index contributed by atoms with van der Waals surface area (Å²) in [5, 5.41) is 3.46.